The molecule has 5 nitrogen and oxygen atoms in total. The molecule has 1 saturated carbocycles. The number of rotatable bonds is 2. The Morgan fingerprint density at radius 1 is 1.25 bits per heavy atom. The van der Waals surface area contributed by atoms with Crippen molar-refractivity contribution in [3.8, 4) is 0 Å². The number of benzene rings is 1. The molecule has 2 heterocycles. The second-order valence-electron chi connectivity index (χ2n) is 6.68. The Morgan fingerprint density at radius 3 is 2.67 bits per heavy atom. The van der Waals surface area contributed by atoms with Gasteiger partial charge in [-0.05, 0) is 31.0 Å². The molecule has 1 fully saturated rings. The Morgan fingerprint density at radius 2 is 2.00 bits per heavy atom. The van der Waals surface area contributed by atoms with Gasteiger partial charge in [0.2, 0.25) is 5.91 Å². The predicted octanol–water partition coefficient (Wildman–Crippen LogP) is 2.72. The minimum absolute atomic E-state index is 0.242. The van der Waals surface area contributed by atoms with Crippen LogP contribution >= 0.6 is 0 Å². The van der Waals surface area contributed by atoms with E-state index in [0.29, 0.717) is 17.8 Å². The van der Waals surface area contributed by atoms with Crippen LogP contribution in [0.3, 0.4) is 0 Å². The monoisotopic (exact) mass is 327 g/mol. The molecule has 4 rings (SSSR count). The lowest BCUT2D eigenvalue weighted by Gasteiger charge is -2.24. The summed E-state index contributed by atoms with van der Waals surface area (Å²) >= 11 is 0. The zero-order chi connectivity index (χ0) is 16.9. The number of nitrogens with one attached hydrogen (secondary N) is 1. The molecule has 1 aromatic heterocycles. The van der Waals surface area contributed by atoms with E-state index in [4.69, 9.17) is 5.73 Å². The Hall–Kier alpha value is -2.63. The Bertz CT molecular complexity index is 837. The number of aromatic nitrogens is 1. The van der Waals surface area contributed by atoms with Crippen LogP contribution in [0.5, 0.6) is 0 Å². The first kappa shape index (κ1) is 14.9. The largest absolute Gasteiger partial charge is 0.366 e. The Labute approximate surface area is 138 Å². The molecule has 0 saturated heterocycles. The SMILES string of the molecule is NC(=O)c1c[nH]c(C(=O)N2CC3(CCCC3)c3c(F)cccc32)c1. The fraction of sp³-hybridized carbons (Fsp3) is 0.333. The number of carbonyl (C=O) groups excluding carboxylic acids is 2. The number of nitrogens with zero attached hydrogens (tertiary/aromatic N) is 1. The van der Waals surface area contributed by atoms with E-state index in [-0.39, 0.29) is 28.4 Å². The van der Waals surface area contributed by atoms with E-state index in [1.165, 1.54) is 18.3 Å². The summed E-state index contributed by atoms with van der Waals surface area (Å²) in [5.41, 5.74) is 6.80. The van der Waals surface area contributed by atoms with Crippen LogP contribution in [-0.4, -0.2) is 23.3 Å². The van der Waals surface area contributed by atoms with Gasteiger partial charge in [0.1, 0.15) is 11.5 Å². The molecule has 2 amide bonds. The van der Waals surface area contributed by atoms with E-state index in [2.05, 4.69) is 4.98 Å². The van der Waals surface area contributed by atoms with Crippen molar-refractivity contribution in [2.45, 2.75) is 31.1 Å². The minimum atomic E-state index is -0.592. The van der Waals surface area contributed by atoms with E-state index in [1.807, 2.05) is 0 Å². The zero-order valence-electron chi connectivity index (χ0n) is 13.1. The number of hydrogen-bond acceptors (Lipinski definition) is 2. The van der Waals surface area contributed by atoms with E-state index in [9.17, 15) is 14.0 Å². The molecule has 3 N–H and O–H groups in total. The third-order valence-electron chi connectivity index (χ3n) is 5.28. The summed E-state index contributed by atoms with van der Waals surface area (Å²) in [7, 11) is 0. The first-order valence-electron chi connectivity index (χ1n) is 8.11. The average molecular weight is 327 g/mol. The molecule has 0 unspecified atom stereocenters. The standard InChI is InChI=1S/C18H18FN3O2/c19-12-4-3-5-14-15(12)18(6-1-2-7-18)10-22(14)17(24)13-8-11(9-21-13)16(20)23/h3-5,8-9,21H,1-2,6-7,10H2,(H2,20,23). The summed E-state index contributed by atoms with van der Waals surface area (Å²) in [6, 6.07) is 6.34. The van der Waals surface area contributed by atoms with E-state index in [1.54, 1.807) is 17.0 Å². The highest BCUT2D eigenvalue weighted by atomic mass is 19.1. The normalized spacial score (nSPS) is 18.1. The fourth-order valence-corrected chi connectivity index (χ4v) is 4.18. The van der Waals surface area contributed by atoms with Gasteiger partial charge in [-0.15, -0.1) is 0 Å². The number of nitrogens with two attached hydrogens (primary N) is 1. The van der Waals surface area contributed by atoms with Crippen molar-refractivity contribution >= 4 is 17.5 Å². The highest BCUT2D eigenvalue weighted by Crippen LogP contribution is 2.51. The predicted molar refractivity (Wildman–Crippen MR) is 87.5 cm³/mol. The summed E-state index contributed by atoms with van der Waals surface area (Å²) in [5.74, 6) is -1.10. The maximum absolute atomic E-state index is 14.5. The van der Waals surface area contributed by atoms with Crippen LogP contribution < -0.4 is 10.6 Å². The number of halogens is 1. The fourth-order valence-electron chi connectivity index (χ4n) is 4.18. The number of carbonyl (C=O) groups is 2. The number of H-pyrrole nitrogens is 1. The van der Waals surface area contributed by atoms with Gasteiger partial charge in [0.15, 0.2) is 0 Å². The summed E-state index contributed by atoms with van der Waals surface area (Å²) in [5, 5.41) is 0. The van der Waals surface area contributed by atoms with Crippen molar-refractivity contribution < 1.29 is 14.0 Å². The van der Waals surface area contributed by atoms with Gasteiger partial charge < -0.3 is 15.6 Å². The van der Waals surface area contributed by atoms with Crippen LogP contribution in [0.25, 0.3) is 0 Å². The lowest BCUT2D eigenvalue weighted by molar-refractivity contribution is 0.0980. The quantitative estimate of drug-likeness (QED) is 0.889. The number of amides is 2. The van der Waals surface area contributed by atoms with Crippen molar-refractivity contribution in [1.29, 1.82) is 0 Å². The number of primary amides is 1. The van der Waals surface area contributed by atoms with Gasteiger partial charge in [0.05, 0.1) is 11.3 Å². The topological polar surface area (TPSA) is 79.2 Å². The average Bonchev–Trinajstić information content (AvgIpc) is 3.28. The maximum atomic E-state index is 14.5. The zero-order valence-corrected chi connectivity index (χ0v) is 13.1. The molecule has 1 aliphatic heterocycles. The molecule has 2 aliphatic rings. The van der Waals surface area contributed by atoms with Crippen molar-refractivity contribution in [2.24, 2.45) is 5.73 Å². The first-order valence-corrected chi connectivity index (χ1v) is 8.11. The van der Waals surface area contributed by atoms with E-state index >= 15 is 0 Å². The second kappa shape index (κ2) is 5.19. The number of fused-ring (bicyclic) bond motifs is 2. The molecule has 6 heteroatoms. The van der Waals surface area contributed by atoms with Crippen molar-refractivity contribution in [3.63, 3.8) is 0 Å². The van der Waals surface area contributed by atoms with Gasteiger partial charge in [0.25, 0.3) is 5.91 Å². The molecule has 0 atom stereocenters. The smallest absolute Gasteiger partial charge is 0.274 e. The highest BCUT2D eigenvalue weighted by molar-refractivity contribution is 6.08. The summed E-state index contributed by atoms with van der Waals surface area (Å²) in [4.78, 5) is 28.6. The Kier molecular flexibility index (Phi) is 3.23. The molecule has 1 spiro atoms. The Balaban J connectivity index is 1.75. The first-order chi connectivity index (χ1) is 11.5. The molecular formula is C18H18FN3O2. The van der Waals surface area contributed by atoms with Gasteiger partial charge in [0, 0.05) is 23.7 Å². The molecule has 0 radical (unpaired) electrons. The van der Waals surface area contributed by atoms with E-state index < -0.39 is 5.91 Å². The van der Waals surface area contributed by atoms with Crippen LogP contribution in [0.1, 0.15) is 52.1 Å². The number of anilines is 1. The van der Waals surface area contributed by atoms with Gasteiger partial charge in [-0.1, -0.05) is 18.9 Å². The summed E-state index contributed by atoms with van der Waals surface area (Å²) in [6.07, 6.45) is 5.29. The van der Waals surface area contributed by atoms with Crippen LogP contribution in [-0.2, 0) is 5.41 Å². The third-order valence-corrected chi connectivity index (χ3v) is 5.28. The van der Waals surface area contributed by atoms with Crippen LogP contribution in [0, 0.1) is 5.82 Å². The molecule has 0 bridgehead atoms. The van der Waals surface area contributed by atoms with Crippen LogP contribution in [0.2, 0.25) is 0 Å². The summed E-state index contributed by atoms with van der Waals surface area (Å²) < 4.78 is 14.5. The minimum Gasteiger partial charge on any atom is -0.366 e. The van der Waals surface area contributed by atoms with E-state index in [0.717, 1.165) is 25.7 Å². The second-order valence-corrected chi connectivity index (χ2v) is 6.68. The number of hydrogen-bond donors (Lipinski definition) is 2. The molecular weight excluding hydrogens is 309 g/mol. The van der Waals surface area contributed by atoms with Crippen LogP contribution in [0.15, 0.2) is 30.5 Å². The molecule has 2 aromatic rings. The van der Waals surface area contributed by atoms with Gasteiger partial charge in [-0.3, -0.25) is 9.59 Å². The van der Waals surface area contributed by atoms with Gasteiger partial charge in [-0.2, -0.15) is 0 Å². The number of aromatic amines is 1. The molecule has 1 aliphatic carbocycles. The molecule has 24 heavy (non-hydrogen) atoms. The van der Waals surface area contributed by atoms with Crippen LogP contribution in [0.4, 0.5) is 10.1 Å². The molecule has 1 aromatic carbocycles. The summed E-state index contributed by atoms with van der Waals surface area (Å²) in [6.45, 7) is 0.479. The van der Waals surface area contributed by atoms with Crippen molar-refractivity contribution in [2.75, 3.05) is 11.4 Å². The maximum Gasteiger partial charge on any atom is 0.274 e. The lowest BCUT2D eigenvalue weighted by atomic mass is 9.80. The van der Waals surface area contributed by atoms with Gasteiger partial charge in [-0.25, -0.2) is 4.39 Å². The third kappa shape index (κ3) is 2.06. The highest BCUT2D eigenvalue weighted by Gasteiger charge is 2.48. The lowest BCUT2D eigenvalue weighted by Crippen LogP contribution is -2.35. The van der Waals surface area contributed by atoms with Crippen molar-refractivity contribution in [3.05, 3.63) is 53.1 Å². The molecule has 124 valence electrons. The van der Waals surface area contributed by atoms with Crippen molar-refractivity contribution in [1.82, 2.24) is 4.98 Å². The van der Waals surface area contributed by atoms with Gasteiger partial charge >= 0.3 is 0 Å².